The Morgan fingerprint density at radius 1 is 1.23 bits per heavy atom. The van der Waals surface area contributed by atoms with Crippen molar-refractivity contribution in [3.63, 3.8) is 0 Å². The number of nitrogens with one attached hydrogen (secondary N) is 1. The molecule has 1 aliphatic heterocycles. The minimum Gasteiger partial charge on any atom is -0.379 e. The maximum atomic E-state index is 5.99. The molecule has 3 N–H and O–H groups in total. The first-order valence-electron chi connectivity index (χ1n) is 8.75. The standard InChI is InChI=1S/C18H26N6O.HI/c19-18(20-7-3-9-23-11-13-25-14-12-23)21-15-16-5-1-2-6-17(16)24-10-4-8-22-24;/h1-2,4-6,8,10H,3,7,9,11-15H2,(H3,19,20,21);1H. The lowest BCUT2D eigenvalue weighted by molar-refractivity contribution is 0.0376. The van der Waals surface area contributed by atoms with Crippen LogP contribution in [0.15, 0.2) is 47.7 Å². The van der Waals surface area contributed by atoms with Crippen molar-refractivity contribution < 1.29 is 4.74 Å². The first kappa shape index (κ1) is 20.7. The van der Waals surface area contributed by atoms with Crippen molar-refractivity contribution >= 4 is 29.9 Å². The summed E-state index contributed by atoms with van der Waals surface area (Å²) in [5, 5.41) is 7.48. The van der Waals surface area contributed by atoms with E-state index in [0.717, 1.165) is 57.1 Å². The molecule has 0 amide bonds. The maximum absolute atomic E-state index is 5.99. The number of hydrogen-bond acceptors (Lipinski definition) is 4. The summed E-state index contributed by atoms with van der Waals surface area (Å²) in [6.07, 6.45) is 4.74. The molecule has 3 rings (SSSR count). The Morgan fingerprint density at radius 3 is 2.81 bits per heavy atom. The second-order valence-electron chi connectivity index (χ2n) is 6.02. The zero-order valence-electron chi connectivity index (χ0n) is 14.9. The van der Waals surface area contributed by atoms with Crippen LogP contribution in [0.4, 0.5) is 0 Å². The number of ether oxygens (including phenoxy) is 1. The van der Waals surface area contributed by atoms with Crippen LogP contribution in [0.25, 0.3) is 5.69 Å². The average Bonchev–Trinajstić information content (AvgIpc) is 3.19. The van der Waals surface area contributed by atoms with Gasteiger partial charge in [0.1, 0.15) is 0 Å². The van der Waals surface area contributed by atoms with E-state index in [4.69, 9.17) is 10.5 Å². The first-order valence-corrected chi connectivity index (χ1v) is 8.75. The van der Waals surface area contributed by atoms with E-state index in [1.54, 1.807) is 6.20 Å². The normalized spacial score (nSPS) is 15.5. The quantitative estimate of drug-likeness (QED) is 0.278. The number of para-hydroxylation sites is 1. The van der Waals surface area contributed by atoms with Crippen molar-refractivity contribution in [3.8, 4) is 5.69 Å². The fourth-order valence-electron chi connectivity index (χ4n) is 2.85. The SMILES string of the molecule is I.NC(=NCc1ccccc1-n1cccn1)NCCCN1CCOCC1. The molecule has 1 saturated heterocycles. The number of hydrogen-bond donors (Lipinski definition) is 2. The van der Waals surface area contributed by atoms with Crippen LogP contribution in [-0.4, -0.2) is 60.0 Å². The summed E-state index contributed by atoms with van der Waals surface area (Å²) in [5.41, 5.74) is 8.10. The average molecular weight is 470 g/mol. The van der Waals surface area contributed by atoms with Crippen LogP contribution < -0.4 is 11.1 Å². The third-order valence-electron chi connectivity index (χ3n) is 4.22. The molecule has 142 valence electrons. The molecule has 2 heterocycles. The molecular formula is C18H27IN6O. The number of aromatic nitrogens is 2. The van der Waals surface area contributed by atoms with Crippen molar-refractivity contribution in [2.45, 2.75) is 13.0 Å². The Bertz CT molecular complexity index is 670. The van der Waals surface area contributed by atoms with E-state index < -0.39 is 0 Å². The molecule has 26 heavy (non-hydrogen) atoms. The number of guanidine groups is 1. The molecule has 0 atom stereocenters. The molecule has 0 spiro atoms. The fourth-order valence-corrected chi connectivity index (χ4v) is 2.85. The monoisotopic (exact) mass is 470 g/mol. The Morgan fingerprint density at radius 2 is 2.04 bits per heavy atom. The smallest absolute Gasteiger partial charge is 0.188 e. The lowest BCUT2D eigenvalue weighted by Crippen LogP contribution is -2.39. The summed E-state index contributed by atoms with van der Waals surface area (Å²) in [5.74, 6) is 0.484. The van der Waals surface area contributed by atoms with Gasteiger partial charge in [0.2, 0.25) is 0 Å². The van der Waals surface area contributed by atoms with E-state index in [0.29, 0.717) is 12.5 Å². The van der Waals surface area contributed by atoms with Crippen LogP contribution in [0.5, 0.6) is 0 Å². The molecule has 1 aliphatic rings. The zero-order chi connectivity index (χ0) is 17.3. The summed E-state index contributed by atoms with van der Waals surface area (Å²) in [6.45, 7) is 6.14. The van der Waals surface area contributed by atoms with Gasteiger partial charge in [-0.1, -0.05) is 18.2 Å². The van der Waals surface area contributed by atoms with E-state index in [2.05, 4.69) is 20.3 Å². The van der Waals surface area contributed by atoms with Gasteiger partial charge in [0, 0.05) is 32.0 Å². The molecule has 1 fully saturated rings. The summed E-state index contributed by atoms with van der Waals surface area (Å²) < 4.78 is 7.20. The molecule has 7 nitrogen and oxygen atoms in total. The van der Waals surface area contributed by atoms with Gasteiger partial charge in [-0.3, -0.25) is 4.90 Å². The molecule has 0 saturated carbocycles. The summed E-state index contributed by atoms with van der Waals surface area (Å²) in [6, 6.07) is 9.99. The number of morpholine rings is 1. The number of rotatable bonds is 7. The van der Waals surface area contributed by atoms with Crippen LogP contribution in [-0.2, 0) is 11.3 Å². The van der Waals surface area contributed by atoms with Crippen LogP contribution in [0.2, 0.25) is 0 Å². The summed E-state index contributed by atoms with van der Waals surface area (Å²) >= 11 is 0. The second-order valence-corrected chi connectivity index (χ2v) is 6.02. The highest BCUT2D eigenvalue weighted by molar-refractivity contribution is 14.0. The van der Waals surface area contributed by atoms with Crippen molar-refractivity contribution in [2.24, 2.45) is 10.7 Å². The number of aliphatic imine (C=N–C) groups is 1. The third kappa shape index (κ3) is 6.26. The number of benzene rings is 1. The van der Waals surface area contributed by atoms with E-state index in [1.807, 2.05) is 41.2 Å². The highest BCUT2D eigenvalue weighted by atomic mass is 127. The lowest BCUT2D eigenvalue weighted by Gasteiger charge is -2.26. The van der Waals surface area contributed by atoms with Gasteiger partial charge < -0.3 is 15.8 Å². The molecule has 8 heteroatoms. The Labute approximate surface area is 171 Å². The molecule has 0 radical (unpaired) electrons. The predicted octanol–water partition coefficient (Wildman–Crippen LogP) is 1.62. The minimum atomic E-state index is 0. The molecular weight excluding hydrogens is 443 g/mol. The maximum Gasteiger partial charge on any atom is 0.188 e. The van der Waals surface area contributed by atoms with Crippen LogP contribution in [0.3, 0.4) is 0 Å². The minimum absolute atomic E-state index is 0. The Hall–Kier alpha value is -1.65. The van der Waals surface area contributed by atoms with Gasteiger partial charge in [-0.15, -0.1) is 24.0 Å². The van der Waals surface area contributed by atoms with Crippen LogP contribution in [0, 0.1) is 0 Å². The second kappa shape index (κ2) is 11.1. The molecule has 1 aromatic heterocycles. The van der Waals surface area contributed by atoms with Gasteiger partial charge in [0.05, 0.1) is 25.4 Å². The van der Waals surface area contributed by atoms with E-state index in [-0.39, 0.29) is 24.0 Å². The summed E-state index contributed by atoms with van der Waals surface area (Å²) in [4.78, 5) is 6.87. The number of halogens is 1. The van der Waals surface area contributed by atoms with E-state index >= 15 is 0 Å². The third-order valence-corrected chi connectivity index (χ3v) is 4.22. The largest absolute Gasteiger partial charge is 0.379 e. The number of nitrogens with zero attached hydrogens (tertiary/aromatic N) is 4. The van der Waals surface area contributed by atoms with Gasteiger partial charge in [-0.25, -0.2) is 9.67 Å². The van der Waals surface area contributed by atoms with Gasteiger partial charge in [-0.2, -0.15) is 5.10 Å². The number of nitrogens with two attached hydrogens (primary N) is 1. The van der Waals surface area contributed by atoms with Crippen molar-refractivity contribution in [3.05, 3.63) is 48.3 Å². The van der Waals surface area contributed by atoms with Gasteiger partial charge >= 0.3 is 0 Å². The van der Waals surface area contributed by atoms with Gasteiger partial charge in [0.15, 0.2) is 5.96 Å². The Balaban J connectivity index is 0.00000243. The van der Waals surface area contributed by atoms with Crippen molar-refractivity contribution in [1.29, 1.82) is 0 Å². The van der Waals surface area contributed by atoms with E-state index in [1.165, 1.54) is 0 Å². The highest BCUT2D eigenvalue weighted by Gasteiger charge is 2.09. The fraction of sp³-hybridized carbons (Fsp3) is 0.444. The zero-order valence-corrected chi connectivity index (χ0v) is 17.2. The highest BCUT2D eigenvalue weighted by Crippen LogP contribution is 2.14. The first-order chi connectivity index (χ1) is 12.3. The topological polar surface area (TPSA) is 80.7 Å². The van der Waals surface area contributed by atoms with Crippen LogP contribution >= 0.6 is 24.0 Å². The van der Waals surface area contributed by atoms with Crippen LogP contribution in [0.1, 0.15) is 12.0 Å². The van der Waals surface area contributed by atoms with Crippen molar-refractivity contribution in [2.75, 3.05) is 39.4 Å². The molecule has 0 unspecified atom stereocenters. The van der Waals surface area contributed by atoms with Gasteiger partial charge in [0.25, 0.3) is 0 Å². The van der Waals surface area contributed by atoms with E-state index in [9.17, 15) is 0 Å². The molecule has 2 aromatic rings. The predicted molar refractivity (Wildman–Crippen MR) is 114 cm³/mol. The van der Waals surface area contributed by atoms with Gasteiger partial charge in [-0.05, 0) is 30.7 Å². The molecule has 0 aliphatic carbocycles. The Kier molecular flexibility index (Phi) is 8.86. The lowest BCUT2D eigenvalue weighted by atomic mass is 10.2. The van der Waals surface area contributed by atoms with Crippen molar-refractivity contribution in [1.82, 2.24) is 20.0 Å². The molecule has 1 aromatic carbocycles. The molecule has 0 bridgehead atoms. The summed E-state index contributed by atoms with van der Waals surface area (Å²) in [7, 11) is 0.